The zero-order valence-corrected chi connectivity index (χ0v) is 17.2. The van der Waals surface area contributed by atoms with E-state index in [-0.39, 0.29) is 11.7 Å². The summed E-state index contributed by atoms with van der Waals surface area (Å²) in [5, 5.41) is 12.6. The van der Waals surface area contributed by atoms with Crippen molar-refractivity contribution < 1.29 is 9.53 Å². The molecule has 0 bridgehead atoms. The van der Waals surface area contributed by atoms with Crippen LogP contribution in [0, 0.1) is 13.8 Å². The Morgan fingerprint density at radius 1 is 1.18 bits per heavy atom. The fourth-order valence-electron chi connectivity index (χ4n) is 2.92. The molecule has 0 fully saturated rings. The smallest absolute Gasteiger partial charge is 0.233 e. The maximum Gasteiger partial charge on any atom is 0.233 e. The summed E-state index contributed by atoms with van der Waals surface area (Å²) in [5.41, 5.74) is 4.12. The predicted octanol–water partition coefficient (Wildman–Crippen LogP) is 3.04. The summed E-state index contributed by atoms with van der Waals surface area (Å²) in [6.07, 6.45) is 0. The topological polar surface area (TPSA) is 73.1 Å². The number of carbonyl (C=O) groups is 1. The summed E-state index contributed by atoms with van der Waals surface area (Å²) in [7, 11) is 3.42. The number of tetrazole rings is 1. The van der Waals surface area contributed by atoms with E-state index in [4.69, 9.17) is 4.74 Å². The van der Waals surface area contributed by atoms with Gasteiger partial charge in [-0.25, -0.2) is 0 Å². The van der Waals surface area contributed by atoms with Crippen molar-refractivity contribution in [2.45, 2.75) is 25.5 Å². The second-order valence-electron chi connectivity index (χ2n) is 6.50. The predicted molar refractivity (Wildman–Crippen MR) is 109 cm³/mol. The van der Waals surface area contributed by atoms with Crippen molar-refractivity contribution in [2.75, 3.05) is 19.9 Å². The molecule has 7 nitrogen and oxygen atoms in total. The minimum atomic E-state index is 0.00359. The summed E-state index contributed by atoms with van der Waals surface area (Å²) < 4.78 is 6.93. The summed E-state index contributed by atoms with van der Waals surface area (Å²) in [5.74, 6) is 1.04. The van der Waals surface area contributed by atoms with Crippen LogP contribution in [0.15, 0.2) is 47.6 Å². The molecule has 0 radical (unpaired) electrons. The molecular formula is C20H23N5O2S. The zero-order chi connectivity index (χ0) is 20.1. The first-order valence-corrected chi connectivity index (χ1v) is 9.83. The van der Waals surface area contributed by atoms with E-state index in [9.17, 15) is 4.79 Å². The van der Waals surface area contributed by atoms with E-state index < -0.39 is 0 Å². The molecule has 0 unspecified atom stereocenters. The van der Waals surface area contributed by atoms with E-state index in [0.717, 1.165) is 28.1 Å². The van der Waals surface area contributed by atoms with Gasteiger partial charge in [-0.15, -0.1) is 5.10 Å². The lowest BCUT2D eigenvalue weighted by atomic mass is 10.1. The quantitative estimate of drug-likeness (QED) is 0.571. The lowest BCUT2D eigenvalue weighted by Crippen LogP contribution is -2.27. The largest absolute Gasteiger partial charge is 0.497 e. The maximum absolute atomic E-state index is 12.6. The number of rotatable bonds is 7. The molecule has 3 rings (SSSR count). The number of aromatic nitrogens is 4. The van der Waals surface area contributed by atoms with Crippen LogP contribution in [0.1, 0.15) is 16.7 Å². The number of hydrogen-bond donors (Lipinski definition) is 0. The van der Waals surface area contributed by atoms with Crippen LogP contribution in [0.3, 0.4) is 0 Å². The van der Waals surface area contributed by atoms with E-state index in [0.29, 0.717) is 11.7 Å². The number of amides is 1. The molecule has 0 aliphatic carbocycles. The van der Waals surface area contributed by atoms with Crippen molar-refractivity contribution in [3.8, 4) is 11.4 Å². The Hall–Kier alpha value is -2.87. The number of aryl methyl sites for hydroxylation is 2. The van der Waals surface area contributed by atoms with Crippen molar-refractivity contribution in [2.24, 2.45) is 0 Å². The minimum absolute atomic E-state index is 0.00359. The van der Waals surface area contributed by atoms with Gasteiger partial charge in [0, 0.05) is 13.6 Å². The van der Waals surface area contributed by atoms with Crippen LogP contribution < -0.4 is 4.74 Å². The molecule has 0 aliphatic heterocycles. The van der Waals surface area contributed by atoms with Gasteiger partial charge in [-0.05, 0) is 53.1 Å². The number of nitrogens with zero attached hydrogens (tertiary/aromatic N) is 5. The highest BCUT2D eigenvalue weighted by Crippen LogP contribution is 2.23. The fourth-order valence-corrected chi connectivity index (χ4v) is 3.74. The van der Waals surface area contributed by atoms with Crippen LogP contribution in [0.25, 0.3) is 5.69 Å². The second kappa shape index (κ2) is 8.88. The Bertz CT molecular complexity index is 952. The average Bonchev–Trinajstić information content (AvgIpc) is 3.14. The van der Waals surface area contributed by atoms with Crippen molar-refractivity contribution in [3.63, 3.8) is 0 Å². The Balaban J connectivity index is 1.66. The number of benzene rings is 2. The monoisotopic (exact) mass is 397 g/mol. The minimum Gasteiger partial charge on any atom is -0.497 e. The molecule has 0 saturated heterocycles. The molecular weight excluding hydrogens is 374 g/mol. The summed E-state index contributed by atoms with van der Waals surface area (Å²) in [4.78, 5) is 14.3. The van der Waals surface area contributed by atoms with Crippen LogP contribution in [0.4, 0.5) is 0 Å². The molecule has 1 heterocycles. The number of carbonyl (C=O) groups excluding carboxylic acids is 1. The van der Waals surface area contributed by atoms with Gasteiger partial charge in [0.2, 0.25) is 11.1 Å². The number of thioether (sulfide) groups is 1. The van der Waals surface area contributed by atoms with Crippen LogP contribution in [-0.4, -0.2) is 50.9 Å². The highest BCUT2D eigenvalue weighted by atomic mass is 32.2. The Labute approximate surface area is 168 Å². The highest BCUT2D eigenvalue weighted by molar-refractivity contribution is 7.99. The van der Waals surface area contributed by atoms with Crippen LogP contribution in [0.2, 0.25) is 0 Å². The van der Waals surface area contributed by atoms with Gasteiger partial charge < -0.3 is 9.64 Å². The van der Waals surface area contributed by atoms with Gasteiger partial charge in [0.15, 0.2) is 0 Å². The van der Waals surface area contributed by atoms with Crippen molar-refractivity contribution >= 4 is 17.7 Å². The van der Waals surface area contributed by atoms with E-state index in [1.165, 1.54) is 11.8 Å². The first-order chi connectivity index (χ1) is 13.5. The first kappa shape index (κ1) is 19.9. The molecule has 0 atom stereocenters. The standard InChI is InChI=1S/C20H23N5O2S/c1-14-7-5-8-15(2)19(14)25-20(21-22-23-25)28-13-18(26)24(3)12-16-9-6-10-17(11-16)27-4/h5-11H,12-13H2,1-4H3. The van der Waals surface area contributed by atoms with Crippen molar-refractivity contribution in [1.29, 1.82) is 0 Å². The van der Waals surface area contributed by atoms with Gasteiger partial charge >= 0.3 is 0 Å². The second-order valence-corrected chi connectivity index (χ2v) is 7.45. The number of para-hydroxylation sites is 1. The summed E-state index contributed by atoms with van der Waals surface area (Å²) in [6, 6.07) is 13.7. The van der Waals surface area contributed by atoms with E-state index in [1.54, 1.807) is 23.7 Å². The SMILES string of the molecule is COc1cccc(CN(C)C(=O)CSc2nnnn2-c2c(C)cccc2C)c1. The first-order valence-electron chi connectivity index (χ1n) is 8.84. The molecule has 1 aromatic heterocycles. The van der Waals surface area contributed by atoms with Crippen LogP contribution in [0.5, 0.6) is 5.75 Å². The molecule has 0 aliphatic rings. The maximum atomic E-state index is 12.6. The van der Waals surface area contributed by atoms with E-state index in [1.807, 2.05) is 56.3 Å². The normalized spacial score (nSPS) is 10.7. The number of hydrogen-bond acceptors (Lipinski definition) is 6. The van der Waals surface area contributed by atoms with Gasteiger partial charge in [0.1, 0.15) is 5.75 Å². The molecule has 146 valence electrons. The molecule has 0 N–H and O–H groups in total. The Kier molecular flexibility index (Phi) is 6.30. The summed E-state index contributed by atoms with van der Waals surface area (Å²) in [6.45, 7) is 4.55. The molecule has 0 spiro atoms. The third-order valence-corrected chi connectivity index (χ3v) is 5.30. The number of methoxy groups -OCH3 is 1. The Morgan fingerprint density at radius 2 is 1.89 bits per heavy atom. The number of ether oxygens (including phenoxy) is 1. The lowest BCUT2D eigenvalue weighted by molar-refractivity contribution is -0.127. The summed E-state index contributed by atoms with van der Waals surface area (Å²) >= 11 is 1.33. The molecule has 28 heavy (non-hydrogen) atoms. The van der Waals surface area contributed by atoms with Gasteiger partial charge in [-0.1, -0.05) is 42.1 Å². The van der Waals surface area contributed by atoms with Crippen molar-refractivity contribution in [1.82, 2.24) is 25.1 Å². The fraction of sp³-hybridized carbons (Fsp3) is 0.300. The zero-order valence-electron chi connectivity index (χ0n) is 16.4. The van der Waals surface area contributed by atoms with Crippen LogP contribution >= 0.6 is 11.8 Å². The van der Waals surface area contributed by atoms with Gasteiger partial charge in [-0.3, -0.25) is 4.79 Å². The van der Waals surface area contributed by atoms with E-state index >= 15 is 0 Å². The molecule has 8 heteroatoms. The van der Waals surface area contributed by atoms with Crippen molar-refractivity contribution in [3.05, 3.63) is 59.2 Å². The average molecular weight is 398 g/mol. The van der Waals surface area contributed by atoms with Gasteiger partial charge in [0.05, 0.1) is 18.6 Å². The lowest BCUT2D eigenvalue weighted by Gasteiger charge is -2.17. The molecule has 1 amide bonds. The third kappa shape index (κ3) is 4.51. The van der Waals surface area contributed by atoms with E-state index in [2.05, 4.69) is 15.5 Å². The molecule has 3 aromatic rings. The molecule has 2 aromatic carbocycles. The Morgan fingerprint density at radius 3 is 2.61 bits per heavy atom. The van der Waals surface area contributed by atoms with Gasteiger partial charge in [0.25, 0.3) is 0 Å². The molecule has 0 saturated carbocycles. The third-order valence-electron chi connectivity index (χ3n) is 4.40. The highest BCUT2D eigenvalue weighted by Gasteiger charge is 2.16. The van der Waals surface area contributed by atoms with Gasteiger partial charge in [-0.2, -0.15) is 4.68 Å². The van der Waals surface area contributed by atoms with Crippen LogP contribution in [-0.2, 0) is 11.3 Å².